The van der Waals surface area contributed by atoms with Gasteiger partial charge in [-0.25, -0.2) is 4.79 Å². The molecule has 1 saturated heterocycles. The first-order valence-electron chi connectivity index (χ1n) is 10.2. The number of nitrogens with one attached hydrogen (secondary N) is 2. The number of carbonyl (C=O) groups excluding carboxylic acids is 1. The second kappa shape index (κ2) is 12.8. The minimum atomic E-state index is -0.480. The lowest BCUT2D eigenvalue weighted by atomic mass is 10.2. The third-order valence-electron chi connectivity index (χ3n) is 3.95. The Morgan fingerprint density at radius 2 is 1.89 bits per heavy atom. The smallest absolute Gasteiger partial charge is 0.410 e. The maximum absolute atomic E-state index is 12.3. The highest BCUT2D eigenvalue weighted by atomic mass is 16.6. The molecule has 0 aromatic carbocycles. The molecule has 2 N–H and O–H groups in total. The third-order valence-corrected chi connectivity index (χ3v) is 3.95. The van der Waals surface area contributed by atoms with Crippen molar-refractivity contribution in [3.8, 4) is 0 Å². The van der Waals surface area contributed by atoms with Crippen LogP contribution in [0.2, 0.25) is 0 Å². The van der Waals surface area contributed by atoms with E-state index in [1.54, 1.807) is 4.90 Å². The van der Waals surface area contributed by atoms with Gasteiger partial charge in [0.2, 0.25) is 0 Å². The summed E-state index contributed by atoms with van der Waals surface area (Å²) >= 11 is 0. The van der Waals surface area contributed by atoms with E-state index in [9.17, 15) is 4.79 Å². The van der Waals surface area contributed by atoms with Gasteiger partial charge in [-0.05, 0) is 34.1 Å². The number of carbonyl (C=O) groups is 1. The van der Waals surface area contributed by atoms with Gasteiger partial charge in [-0.2, -0.15) is 0 Å². The standard InChI is InChI=1S/C19H39N5O3/c1-6-10-24(18(25)27-19(3,4)5)12-9-22-17(20-7-2)21-8-11-23-13-15-26-16-14-23/h6-16H2,1-5H3,(H2,20,21,22). The second-order valence-corrected chi connectivity index (χ2v) is 7.61. The van der Waals surface area contributed by atoms with Gasteiger partial charge in [0.15, 0.2) is 5.96 Å². The van der Waals surface area contributed by atoms with Crippen molar-refractivity contribution in [2.45, 2.75) is 46.6 Å². The summed E-state index contributed by atoms with van der Waals surface area (Å²) < 4.78 is 10.9. The van der Waals surface area contributed by atoms with Crippen LogP contribution < -0.4 is 10.6 Å². The number of rotatable bonds is 9. The van der Waals surface area contributed by atoms with Crippen LogP contribution >= 0.6 is 0 Å². The Bertz CT molecular complexity index is 445. The van der Waals surface area contributed by atoms with Crippen LogP contribution in [0.1, 0.15) is 41.0 Å². The maximum Gasteiger partial charge on any atom is 0.410 e. The first kappa shape index (κ1) is 23.5. The predicted octanol–water partition coefficient (Wildman–Crippen LogP) is 1.52. The molecule has 0 aromatic rings. The number of amides is 1. The highest BCUT2D eigenvalue weighted by Gasteiger charge is 2.21. The van der Waals surface area contributed by atoms with Crippen LogP contribution in [0.4, 0.5) is 4.79 Å². The molecular formula is C19H39N5O3. The third kappa shape index (κ3) is 11.0. The molecule has 1 rings (SSSR count). The van der Waals surface area contributed by atoms with E-state index < -0.39 is 5.60 Å². The van der Waals surface area contributed by atoms with Gasteiger partial charge in [0.1, 0.15) is 5.60 Å². The molecule has 0 aliphatic carbocycles. The summed E-state index contributed by atoms with van der Waals surface area (Å²) in [6.45, 7) is 17.7. The molecule has 0 unspecified atom stereocenters. The lowest BCUT2D eigenvalue weighted by Crippen LogP contribution is -2.45. The Labute approximate surface area is 164 Å². The molecule has 1 fully saturated rings. The average molecular weight is 386 g/mol. The van der Waals surface area contributed by atoms with E-state index in [0.29, 0.717) is 19.6 Å². The molecule has 158 valence electrons. The summed E-state index contributed by atoms with van der Waals surface area (Å²) in [7, 11) is 0. The topological polar surface area (TPSA) is 78.4 Å². The van der Waals surface area contributed by atoms with E-state index in [1.165, 1.54) is 0 Å². The van der Waals surface area contributed by atoms with Gasteiger partial charge >= 0.3 is 6.09 Å². The van der Waals surface area contributed by atoms with Gasteiger partial charge in [0, 0.05) is 45.8 Å². The molecule has 1 heterocycles. The van der Waals surface area contributed by atoms with Gasteiger partial charge in [-0.1, -0.05) is 6.92 Å². The van der Waals surface area contributed by atoms with Gasteiger partial charge in [-0.15, -0.1) is 0 Å². The van der Waals surface area contributed by atoms with Crippen LogP contribution in [0.5, 0.6) is 0 Å². The van der Waals surface area contributed by atoms with Gasteiger partial charge in [0.25, 0.3) is 0 Å². The quantitative estimate of drug-likeness (QED) is 0.463. The number of morpholine rings is 1. The average Bonchev–Trinajstić information content (AvgIpc) is 2.60. The minimum absolute atomic E-state index is 0.264. The summed E-state index contributed by atoms with van der Waals surface area (Å²) in [5, 5.41) is 6.57. The molecule has 0 bridgehead atoms. The molecule has 0 atom stereocenters. The monoisotopic (exact) mass is 385 g/mol. The number of ether oxygens (including phenoxy) is 2. The first-order valence-corrected chi connectivity index (χ1v) is 10.2. The van der Waals surface area contributed by atoms with E-state index >= 15 is 0 Å². The van der Waals surface area contributed by atoms with Crippen molar-refractivity contribution < 1.29 is 14.3 Å². The molecule has 8 nitrogen and oxygen atoms in total. The van der Waals surface area contributed by atoms with Crippen LogP contribution in [-0.2, 0) is 9.47 Å². The molecule has 8 heteroatoms. The summed E-state index contributed by atoms with van der Waals surface area (Å²) in [4.78, 5) is 21.1. The Morgan fingerprint density at radius 3 is 2.48 bits per heavy atom. The fourth-order valence-corrected chi connectivity index (χ4v) is 2.67. The van der Waals surface area contributed by atoms with Crippen LogP contribution in [0.25, 0.3) is 0 Å². The van der Waals surface area contributed by atoms with Crippen LogP contribution in [-0.4, -0.2) is 93.0 Å². The Hall–Kier alpha value is -1.54. The van der Waals surface area contributed by atoms with Gasteiger partial charge in [-0.3, -0.25) is 9.89 Å². The predicted molar refractivity (Wildman–Crippen MR) is 109 cm³/mol. The molecule has 0 aromatic heterocycles. The Kier molecular flexibility index (Phi) is 11.1. The maximum atomic E-state index is 12.3. The molecule has 1 amide bonds. The van der Waals surface area contributed by atoms with Gasteiger partial charge < -0.3 is 25.0 Å². The molecular weight excluding hydrogens is 346 g/mol. The van der Waals surface area contributed by atoms with Crippen molar-refractivity contribution in [1.82, 2.24) is 20.4 Å². The van der Waals surface area contributed by atoms with E-state index in [2.05, 4.69) is 27.4 Å². The summed E-state index contributed by atoms with van der Waals surface area (Å²) in [5.74, 6) is 0.784. The molecule has 1 aliphatic rings. The van der Waals surface area contributed by atoms with Crippen LogP contribution in [0.3, 0.4) is 0 Å². The number of hydrogen-bond acceptors (Lipinski definition) is 5. The molecule has 27 heavy (non-hydrogen) atoms. The van der Waals surface area contributed by atoms with Crippen molar-refractivity contribution in [3.05, 3.63) is 0 Å². The van der Waals surface area contributed by atoms with E-state index in [4.69, 9.17) is 9.47 Å². The highest BCUT2D eigenvalue weighted by molar-refractivity contribution is 5.79. The summed E-state index contributed by atoms with van der Waals surface area (Å²) in [6.07, 6.45) is 0.632. The zero-order valence-corrected chi connectivity index (χ0v) is 17.8. The van der Waals surface area contributed by atoms with Crippen molar-refractivity contribution >= 4 is 12.1 Å². The van der Waals surface area contributed by atoms with Crippen molar-refractivity contribution in [2.24, 2.45) is 4.99 Å². The lowest BCUT2D eigenvalue weighted by Gasteiger charge is -2.27. The highest BCUT2D eigenvalue weighted by Crippen LogP contribution is 2.10. The fraction of sp³-hybridized carbons (Fsp3) is 0.895. The minimum Gasteiger partial charge on any atom is -0.444 e. The SMILES string of the molecule is CCCN(CCNC(=NCCN1CCOCC1)NCC)C(=O)OC(C)(C)C. The molecule has 1 aliphatic heterocycles. The number of guanidine groups is 1. The van der Waals surface area contributed by atoms with Crippen LogP contribution in [0.15, 0.2) is 4.99 Å². The molecule has 0 saturated carbocycles. The van der Waals surface area contributed by atoms with Crippen molar-refractivity contribution in [2.75, 3.05) is 65.6 Å². The lowest BCUT2D eigenvalue weighted by molar-refractivity contribution is 0.0253. The Morgan fingerprint density at radius 1 is 1.19 bits per heavy atom. The first-order chi connectivity index (χ1) is 12.9. The summed E-state index contributed by atoms with van der Waals surface area (Å²) in [5.41, 5.74) is -0.480. The van der Waals surface area contributed by atoms with Crippen LogP contribution in [0, 0.1) is 0 Å². The number of hydrogen-bond donors (Lipinski definition) is 2. The molecule has 0 spiro atoms. The van der Waals surface area contributed by atoms with Crippen molar-refractivity contribution in [3.63, 3.8) is 0 Å². The van der Waals surface area contributed by atoms with E-state index in [-0.39, 0.29) is 6.09 Å². The van der Waals surface area contributed by atoms with Gasteiger partial charge in [0.05, 0.1) is 19.8 Å². The second-order valence-electron chi connectivity index (χ2n) is 7.61. The fourth-order valence-electron chi connectivity index (χ4n) is 2.67. The number of aliphatic imine (C=N–C) groups is 1. The zero-order valence-electron chi connectivity index (χ0n) is 17.8. The van der Waals surface area contributed by atoms with E-state index in [0.717, 1.165) is 58.3 Å². The Balaban J connectivity index is 2.43. The normalized spacial score (nSPS) is 16.1. The zero-order chi connectivity index (χ0) is 20.1. The number of nitrogens with zero attached hydrogens (tertiary/aromatic N) is 3. The van der Waals surface area contributed by atoms with Crippen molar-refractivity contribution in [1.29, 1.82) is 0 Å². The largest absolute Gasteiger partial charge is 0.444 e. The molecule has 0 radical (unpaired) electrons. The van der Waals surface area contributed by atoms with E-state index in [1.807, 2.05) is 27.7 Å². The summed E-state index contributed by atoms with van der Waals surface area (Å²) in [6, 6.07) is 0.